The number of nitrogens with zero attached hydrogens (tertiary/aromatic N) is 2. The molecule has 0 fully saturated rings. The number of amides is 1. The second kappa shape index (κ2) is 6.21. The van der Waals surface area contributed by atoms with Crippen molar-refractivity contribution in [2.75, 3.05) is 19.5 Å². The van der Waals surface area contributed by atoms with Crippen molar-refractivity contribution in [2.45, 2.75) is 0 Å². The van der Waals surface area contributed by atoms with Crippen molar-refractivity contribution in [1.82, 2.24) is 9.97 Å². The number of benzene rings is 1. The molecule has 104 valence electrons. The molecule has 0 aliphatic rings. The Kier molecular flexibility index (Phi) is 4.37. The highest BCUT2D eigenvalue weighted by Gasteiger charge is 2.12. The fourth-order valence-electron chi connectivity index (χ4n) is 1.53. The van der Waals surface area contributed by atoms with E-state index < -0.39 is 5.91 Å². The molecule has 0 saturated carbocycles. The van der Waals surface area contributed by atoms with Gasteiger partial charge in [-0.2, -0.15) is 0 Å². The normalized spacial score (nSPS) is 9.95. The van der Waals surface area contributed by atoms with E-state index in [4.69, 9.17) is 21.1 Å². The van der Waals surface area contributed by atoms with Crippen LogP contribution in [0.1, 0.15) is 10.5 Å². The Hall–Kier alpha value is -2.34. The third-order valence-electron chi connectivity index (χ3n) is 2.51. The van der Waals surface area contributed by atoms with Crippen LogP contribution in [0, 0.1) is 0 Å². The average molecular weight is 294 g/mol. The molecule has 0 bridgehead atoms. The Balaban J connectivity index is 2.24. The van der Waals surface area contributed by atoms with Crippen molar-refractivity contribution >= 4 is 23.2 Å². The Labute approximate surface area is 120 Å². The van der Waals surface area contributed by atoms with E-state index in [9.17, 15) is 4.79 Å². The molecule has 2 aromatic rings. The fourth-order valence-corrected chi connectivity index (χ4v) is 1.63. The van der Waals surface area contributed by atoms with Gasteiger partial charge in [-0.1, -0.05) is 11.6 Å². The Morgan fingerprint density at radius 1 is 1.20 bits per heavy atom. The number of aromatic nitrogens is 2. The number of hydrogen-bond donors (Lipinski definition) is 1. The first-order valence-corrected chi connectivity index (χ1v) is 6.02. The number of nitrogens with one attached hydrogen (secondary N) is 1. The van der Waals surface area contributed by atoms with Crippen LogP contribution in [0.2, 0.25) is 5.15 Å². The molecule has 1 N–H and O–H groups in total. The smallest absolute Gasteiger partial charge is 0.275 e. The van der Waals surface area contributed by atoms with Crippen LogP contribution in [0.15, 0.2) is 30.6 Å². The molecule has 1 amide bonds. The van der Waals surface area contributed by atoms with Gasteiger partial charge in [0.2, 0.25) is 0 Å². The van der Waals surface area contributed by atoms with Gasteiger partial charge in [-0.25, -0.2) is 9.97 Å². The monoisotopic (exact) mass is 293 g/mol. The number of rotatable bonds is 4. The standard InChI is InChI=1S/C13H12ClN3O3/c1-19-8-3-4-11(20-2)9(5-8)17-13(18)10-6-16-12(14)7-15-10/h3-7H,1-2H3,(H,17,18). The van der Waals surface area contributed by atoms with E-state index in [1.807, 2.05) is 0 Å². The summed E-state index contributed by atoms with van der Waals surface area (Å²) >= 11 is 5.62. The number of anilines is 1. The lowest BCUT2D eigenvalue weighted by atomic mass is 10.2. The molecular weight excluding hydrogens is 282 g/mol. The third kappa shape index (κ3) is 3.16. The van der Waals surface area contributed by atoms with E-state index in [-0.39, 0.29) is 10.8 Å². The minimum Gasteiger partial charge on any atom is -0.497 e. The number of hydrogen-bond acceptors (Lipinski definition) is 5. The summed E-state index contributed by atoms with van der Waals surface area (Å²) in [6, 6.07) is 5.08. The van der Waals surface area contributed by atoms with Crippen LogP contribution in [0.4, 0.5) is 5.69 Å². The van der Waals surface area contributed by atoms with Crippen LogP contribution >= 0.6 is 11.6 Å². The largest absolute Gasteiger partial charge is 0.497 e. The zero-order valence-electron chi connectivity index (χ0n) is 10.9. The zero-order chi connectivity index (χ0) is 14.5. The van der Waals surface area contributed by atoms with Gasteiger partial charge < -0.3 is 14.8 Å². The van der Waals surface area contributed by atoms with E-state index in [0.717, 1.165) is 0 Å². The van der Waals surface area contributed by atoms with Crippen LogP contribution in [0.5, 0.6) is 11.5 Å². The highest BCUT2D eigenvalue weighted by molar-refractivity contribution is 6.29. The minimum atomic E-state index is -0.416. The van der Waals surface area contributed by atoms with E-state index in [1.54, 1.807) is 18.2 Å². The minimum absolute atomic E-state index is 0.152. The van der Waals surface area contributed by atoms with Gasteiger partial charge >= 0.3 is 0 Å². The first kappa shape index (κ1) is 14.1. The van der Waals surface area contributed by atoms with E-state index in [1.165, 1.54) is 26.6 Å². The number of carbonyl (C=O) groups is 1. The van der Waals surface area contributed by atoms with Crippen LogP contribution in [-0.2, 0) is 0 Å². The topological polar surface area (TPSA) is 73.3 Å². The van der Waals surface area contributed by atoms with Crippen molar-refractivity contribution in [3.05, 3.63) is 41.4 Å². The Morgan fingerprint density at radius 2 is 2.00 bits per heavy atom. The van der Waals surface area contributed by atoms with Gasteiger partial charge in [0.05, 0.1) is 32.3 Å². The number of methoxy groups -OCH3 is 2. The number of carbonyl (C=O) groups excluding carboxylic acids is 1. The van der Waals surface area contributed by atoms with Gasteiger partial charge in [-0.3, -0.25) is 4.79 Å². The summed E-state index contributed by atoms with van der Waals surface area (Å²) in [5.74, 6) is 0.699. The zero-order valence-corrected chi connectivity index (χ0v) is 11.6. The third-order valence-corrected chi connectivity index (χ3v) is 2.70. The number of halogens is 1. The summed E-state index contributed by atoms with van der Waals surface area (Å²) in [6.45, 7) is 0. The van der Waals surface area contributed by atoms with Crippen LogP contribution < -0.4 is 14.8 Å². The SMILES string of the molecule is COc1ccc(OC)c(NC(=O)c2cnc(Cl)cn2)c1. The Bertz CT molecular complexity index is 617. The van der Waals surface area contributed by atoms with Gasteiger partial charge in [0, 0.05) is 6.07 Å². The molecule has 1 aromatic heterocycles. The van der Waals surface area contributed by atoms with Gasteiger partial charge in [0.1, 0.15) is 22.3 Å². The second-order valence-corrected chi connectivity index (χ2v) is 4.13. The van der Waals surface area contributed by atoms with E-state index in [2.05, 4.69) is 15.3 Å². The maximum Gasteiger partial charge on any atom is 0.275 e. The van der Waals surface area contributed by atoms with Crippen LogP contribution in [0.25, 0.3) is 0 Å². The summed E-state index contributed by atoms with van der Waals surface area (Å²) in [6.07, 6.45) is 2.60. The molecule has 0 aliphatic heterocycles. The van der Waals surface area contributed by atoms with Crippen molar-refractivity contribution in [2.24, 2.45) is 0 Å². The van der Waals surface area contributed by atoms with E-state index >= 15 is 0 Å². The molecule has 2 rings (SSSR count). The summed E-state index contributed by atoms with van der Waals surface area (Å²) in [4.78, 5) is 19.7. The van der Waals surface area contributed by atoms with Gasteiger partial charge in [-0.15, -0.1) is 0 Å². The molecule has 0 radical (unpaired) electrons. The molecule has 0 unspecified atom stereocenters. The molecule has 0 saturated heterocycles. The highest BCUT2D eigenvalue weighted by atomic mass is 35.5. The first-order chi connectivity index (χ1) is 9.63. The molecule has 7 heteroatoms. The summed E-state index contributed by atoms with van der Waals surface area (Å²) in [7, 11) is 3.05. The summed E-state index contributed by atoms with van der Waals surface area (Å²) in [5.41, 5.74) is 0.632. The second-order valence-electron chi connectivity index (χ2n) is 3.74. The van der Waals surface area contributed by atoms with Crippen molar-refractivity contribution in [3.8, 4) is 11.5 Å². The maximum absolute atomic E-state index is 12.0. The van der Waals surface area contributed by atoms with E-state index in [0.29, 0.717) is 17.2 Å². The molecule has 6 nitrogen and oxygen atoms in total. The lowest BCUT2D eigenvalue weighted by Gasteiger charge is -2.11. The predicted octanol–water partition coefficient (Wildman–Crippen LogP) is 2.40. The fraction of sp³-hybridized carbons (Fsp3) is 0.154. The lowest BCUT2D eigenvalue weighted by Crippen LogP contribution is -2.14. The summed E-state index contributed by atoms with van der Waals surface area (Å²) in [5, 5.41) is 2.91. The van der Waals surface area contributed by atoms with Crippen molar-refractivity contribution in [3.63, 3.8) is 0 Å². The molecule has 0 atom stereocenters. The lowest BCUT2D eigenvalue weighted by molar-refractivity contribution is 0.102. The number of ether oxygens (including phenoxy) is 2. The summed E-state index contributed by atoms with van der Waals surface area (Å²) < 4.78 is 10.3. The average Bonchev–Trinajstić information content (AvgIpc) is 2.47. The Morgan fingerprint density at radius 3 is 2.60 bits per heavy atom. The van der Waals surface area contributed by atoms with Gasteiger partial charge in [-0.05, 0) is 12.1 Å². The molecule has 1 aromatic carbocycles. The van der Waals surface area contributed by atoms with Gasteiger partial charge in [0.15, 0.2) is 0 Å². The predicted molar refractivity (Wildman–Crippen MR) is 74.5 cm³/mol. The highest BCUT2D eigenvalue weighted by Crippen LogP contribution is 2.29. The molecule has 1 heterocycles. The molecular formula is C13H12ClN3O3. The quantitative estimate of drug-likeness (QED) is 0.937. The molecule has 0 aliphatic carbocycles. The van der Waals surface area contributed by atoms with Crippen molar-refractivity contribution < 1.29 is 14.3 Å². The van der Waals surface area contributed by atoms with Crippen LogP contribution in [-0.4, -0.2) is 30.1 Å². The van der Waals surface area contributed by atoms with Gasteiger partial charge in [0.25, 0.3) is 5.91 Å². The van der Waals surface area contributed by atoms with Crippen LogP contribution in [0.3, 0.4) is 0 Å². The maximum atomic E-state index is 12.0. The van der Waals surface area contributed by atoms with Crippen molar-refractivity contribution in [1.29, 1.82) is 0 Å². The molecule has 20 heavy (non-hydrogen) atoms. The first-order valence-electron chi connectivity index (χ1n) is 5.65. The molecule has 0 spiro atoms.